The first-order chi connectivity index (χ1) is 14.7. The summed E-state index contributed by atoms with van der Waals surface area (Å²) in [6, 6.07) is 6.36. The topological polar surface area (TPSA) is 64.6 Å². The molecule has 0 amide bonds. The van der Waals surface area contributed by atoms with Gasteiger partial charge in [0, 0.05) is 21.7 Å². The van der Waals surface area contributed by atoms with Gasteiger partial charge in [0.15, 0.2) is 0 Å². The summed E-state index contributed by atoms with van der Waals surface area (Å²) in [4.78, 5) is 27.4. The molecular formula is C23H25NO4S3. The van der Waals surface area contributed by atoms with Crippen molar-refractivity contribution in [1.29, 1.82) is 0 Å². The molecule has 0 aromatic heterocycles. The van der Waals surface area contributed by atoms with E-state index in [4.69, 9.17) is 9.47 Å². The van der Waals surface area contributed by atoms with Gasteiger partial charge in [-0.2, -0.15) is 0 Å². The molecule has 0 unspecified atom stereocenters. The Morgan fingerprint density at radius 1 is 1.06 bits per heavy atom. The minimum atomic E-state index is -0.646. The Balaban J connectivity index is 1.88. The van der Waals surface area contributed by atoms with Gasteiger partial charge in [-0.05, 0) is 58.2 Å². The molecule has 3 aliphatic rings. The Kier molecular flexibility index (Phi) is 6.00. The van der Waals surface area contributed by atoms with E-state index in [2.05, 4.69) is 44.3 Å². The second-order valence-electron chi connectivity index (χ2n) is 7.92. The van der Waals surface area contributed by atoms with Crippen molar-refractivity contribution in [2.75, 3.05) is 18.5 Å². The van der Waals surface area contributed by atoms with Crippen molar-refractivity contribution in [2.45, 2.75) is 44.2 Å². The molecule has 1 aromatic carbocycles. The van der Waals surface area contributed by atoms with Crippen LogP contribution in [0.1, 0.15) is 38.8 Å². The van der Waals surface area contributed by atoms with Gasteiger partial charge < -0.3 is 14.8 Å². The fourth-order valence-corrected chi connectivity index (χ4v) is 8.18. The highest BCUT2D eigenvalue weighted by molar-refractivity contribution is 8.25. The van der Waals surface area contributed by atoms with Crippen molar-refractivity contribution >= 4 is 58.5 Å². The average molecular weight is 476 g/mol. The van der Waals surface area contributed by atoms with Crippen LogP contribution >= 0.6 is 35.3 Å². The zero-order chi connectivity index (χ0) is 22.4. The number of rotatable bonds is 4. The first-order valence-electron chi connectivity index (χ1n) is 10.2. The van der Waals surface area contributed by atoms with Gasteiger partial charge in [-0.15, -0.1) is 11.8 Å². The third-order valence-corrected chi connectivity index (χ3v) is 9.39. The van der Waals surface area contributed by atoms with E-state index in [1.807, 2.05) is 11.5 Å². The van der Waals surface area contributed by atoms with E-state index in [0.29, 0.717) is 23.0 Å². The van der Waals surface area contributed by atoms with E-state index in [0.717, 1.165) is 27.3 Å². The zero-order valence-corrected chi connectivity index (χ0v) is 20.6. The highest BCUT2D eigenvalue weighted by Gasteiger charge is 2.51. The lowest BCUT2D eigenvalue weighted by Crippen LogP contribution is -2.40. The van der Waals surface area contributed by atoms with Crippen molar-refractivity contribution < 1.29 is 19.1 Å². The maximum Gasteiger partial charge on any atom is 0.345 e. The number of hydrogen-bond acceptors (Lipinski definition) is 8. The molecule has 0 bridgehead atoms. The lowest BCUT2D eigenvalue weighted by molar-refractivity contribution is -0.138. The lowest BCUT2D eigenvalue weighted by Gasteiger charge is -2.44. The van der Waals surface area contributed by atoms with E-state index in [-0.39, 0.29) is 11.9 Å². The summed E-state index contributed by atoms with van der Waals surface area (Å²) in [6.07, 6.45) is 1.96. The number of anilines is 1. The van der Waals surface area contributed by atoms with Gasteiger partial charge in [0.05, 0.1) is 23.7 Å². The Morgan fingerprint density at radius 3 is 2.42 bits per heavy atom. The average Bonchev–Trinajstić information content (AvgIpc) is 3.13. The van der Waals surface area contributed by atoms with E-state index in [9.17, 15) is 9.59 Å². The fourth-order valence-electron chi connectivity index (χ4n) is 3.83. The zero-order valence-electron chi connectivity index (χ0n) is 18.2. The number of hydrogen-bond donors (Lipinski definition) is 1. The molecule has 4 rings (SSSR count). The number of esters is 2. The summed E-state index contributed by atoms with van der Waals surface area (Å²) in [5, 5.41) is 5.48. The third kappa shape index (κ3) is 3.94. The Hall–Kier alpha value is -1.77. The number of benzene rings is 1. The molecule has 3 heterocycles. The molecule has 0 saturated carbocycles. The predicted octanol–water partition coefficient (Wildman–Crippen LogP) is 5.68. The largest absolute Gasteiger partial charge is 0.462 e. The van der Waals surface area contributed by atoms with Gasteiger partial charge in [-0.3, -0.25) is 0 Å². The summed E-state index contributed by atoms with van der Waals surface area (Å²) in [5.74, 6) is -0.670. The molecule has 0 radical (unpaired) electrons. The number of aryl methyl sites for hydroxylation is 1. The Labute approximate surface area is 195 Å². The number of ether oxygens (including phenoxy) is 2. The Bertz CT molecular complexity index is 1060. The quantitative estimate of drug-likeness (QED) is 0.558. The summed E-state index contributed by atoms with van der Waals surface area (Å²) in [7, 11) is 0. The number of carbonyl (C=O) groups excluding carboxylic acids is 2. The summed E-state index contributed by atoms with van der Waals surface area (Å²) in [5.41, 5.74) is 4.03. The van der Waals surface area contributed by atoms with Crippen molar-refractivity contribution in [3.05, 3.63) is 55.5 Å². The minimum absolute atomic E-state index is 0.311. The first kappa shape index (κ1) is 22.4. The van der Waals surface area contributed by atoms with Gasteiger partial charge in [0.1, 0.15) is 8.98 Å². The monoisotopic (exact) mass is 475 g/mol. The third-order valence-electron chi connectivity index (χ3n) is 5.12. The molecule has 5 nitrogen and oxygen atoms in total. The SMILES string of the molecule is CCOC(=O)C1=C[C@]2(SC=C(C(=O)OCC)S2)C2=C(S1)C(C)(C)Nc1ccc(C)cc12. The molecular weight excluding hydrogens is 450 g/mol. The van der Waals surface area contributed by atoms with E-state index < -0.39 is 9.62 Å². The van der Waals surface area contributed by atoms with Gasteiger partial charge in [0.25, 0.3) is 0 Å². The predicted molar refractivity (Wildman–Crippen MR) is 131 cm³/mol. The summed E-state index contributed by atoms with van der Waals surface area (Å²) >= 11 is 4.44. The van der Waals surface area contributed by atoms with Crippen LogP contribution in [0.25, 0.3) is 5.57 Å². The van der Waals surface area contributed by atoms with Crippen LogP contribution in [-0.4, -0.2) is 34.8 Å². The van der Waals surface area contributed by atoms with Crippen molar-refractivity contribution in [3.8, 4) is 0 Å². The molecule has 1 N–H and O–H groups in total. The van der Waals surface area contributed by atoms with E-state index in [1.54, 1.807) is 25.6 Å². The number of fused-ring (bicyclic) bond motifs is 3. The van der Waals surface area contributed by atoms with Crippen LogP contribution in [0.4, 0.5) is 5.69 Å². The number of nitrogens with one attached hydrogen (secondary N) is 1. The lowest BCUT2D eigenvalue weighted by atomic mass is 9.86. The maximum absolute atomic E-state index is 12.8. The second-order valence-corrected chi connectivity index (χ2v) is 11.6. The molecule has 0 fully saturated rings. The van der Waals surface area contributed by atoms with Gasteiger partial charge in [-0.1, -0.05) is 35.2 Å². The van der Waals surface area contributed by atoms with Crippen molar-refractivity contribution in [1.82, 2.24) is 0 Å². The van der Waals surface area contributed by atoms with Gasteiger partial charge >= 0.3 is 11.9 Å². The first-order valence-corrected chi connectivity index (χ1v) is 12.7. The van der Waals surface area contributed by atoms with Crippen LogP contribution in [0.15, 0.2) is 44.4 Å². The minimum Gasteiger partial charge on any atom is -0.462 e. The van der Waals surface area contributed by atoms with Crippen LogP contribution in [-0.2, 0) is 19.1 Å². The molecule has 31 heavy (non-hydrogen) atoms. The summed E-state index contributed by atoms with van der Waals surface area (Å²) in [6.45, 7) is 10.5. The van der Waals surface area contributed by atoms with Crippen LogP contribution in [0.5, 0.6) is 0 Å². The molecule has 8 heteroatoms. The maximum atomic E-state index is 12.8. The highest BCUT2D eigenvalue weighted by atomic mass is 32.2. The molecule has 0 saturated heterocycles. The molecule has 1 atom stereocenters. The highest BCUT2D eigenvalue weighted by Crippen LogP contribution is 2.65. The van der Waals surface area contributed by atoms with E-state index in [1.165, 1.54) is 23.5 Å². The molecule has 164 valence electrons. The fraction of sp³-hybridized carbons (Fsp3) is 0.391. The molecule has 0 aliphatic carbocycles. The summed E-state index contributed by atoms with van der Waals surface area (Å²) < 4.78 is 9.94. The standard InChI is InChI=1S/C23H25NO4S3/c1-6-27-20(25)16-11-23(29-12-17(31-23)21(26)28-7-2)18-14-10-13(3)8-9-15(14)24-22(4,5)19(18)30-16/h8-12,24H,6-7H2,1-5H3/t23-/m1/s1. The van der Waals surface area contributed by atoms with Gasteiger partial charge in [0.2, 0.25) is 0 Å². The molecule has 3 aliphatic heterocycles. The second kappa shape index (κ2) is 8.30. The Morgan fingerprint density at radius 2 is 1.74 bits per heavy atom. The normalized spacial score (nSPS) is 23.4. The number of thioether (sulfide) groups is 3. The smallest absolute Gasteiger partial charge is 0.345 e. The van der Waals surface area contributed by atoms with E-state index >= 15 is 0 Å². The van der Waals surface area contributed by atoms with Crippen LogP contribution in [0.3, 0.4) is 0 Å². The van der Waals surface area contributed by atoms with Crippen LogP contribution < -0.4 is 5.32 Å². The van der Waals surface area contributed by atoms with Gasteiger partial charge in [-0.25, -0.2) is 9.59 Å². The molecule has 1 spiro atoms. The van der Waals surface area contributed by atoms with Crippen LogP contribution in [0, 0.1) is 6.92 Å². The van der Waals surface area contributed by atoms with Crippen molar-refractivity contribution in [2.24, 2.45) is 0 Å². The van der Waals surface area contributed by atoms with Crippen molar-refractivity contribution in [3.63, 3.8) is 0 Å². The molecule has 1 aromatic rings. The van der Waals surface area contributed by atoms with Crippen LogP contribution in [0.2, 0.25) is 0 Å². The number of carbonyl (C=O) groups is 2.